The lowest BCUT2D eigenvalue weighted by Gasteiger charge is -2.12. The van der Waals surface area contributed by atoms with Gasteiger partial charge in [0.05, 0.1) is 16.3 Å². The smallest absolute Gasteiger partial charge is 0.306 e. The van der Waals surface area contributed by atoms with E-state index in [0.717, 1.165) is 36.7 Å². The number of benzene rings is 1. The summed E-state index contributed by atoms with van der Waals surface area (Å²) >= 11 is 0. The summed E-state index contributed by atoms with van der Waals surface area (Å²) in [4.78, 5) is 14.6. The molecule has 0 amide bonds. The van der Waals surface area contributed by atoms with Crippen molar-refractivity contribution in [2.75, 3.05) is 6.54 Å². The Kier molecular flexibility index (Phi) is 3.86. The molecule has 1 aromatic carbocycles. The Morgan fingerprint density at radius 3 is 2.71 bits per heavy atom. The van der Waals surface area contributed by atoms with Crippen molar-refractivity contribution in [2.45, 2.75) is 37.5 Å². The lowest BCUT2D eigenvalue weighted by Crippen LogP contribution is -2.35. The summed E-state index contributed by atoms with van der Waals surface area (Å²) in [6.45, 7) is 0.565. The SMILES string of the molecule is O=c1[nH]c2ccccc2n1CCNS(=O)(=O)C1CCCC1. The van der Waals surface area contributed by atoms with Gasteiger partial charge in [0.25, 0.3) is 0 Å². The maximum atomic E-state index is 12.1. The van der Waals surface area contributed by atoms with Crippen LogP contribution in [0.2, 0.25) is 0 Å². The zero-order chi connectivity index (χ0) is 14.9. The first-order chi connectivity index (χ1) is 10.1. The third-order valence-corrected chi connectivity index (χ3v) is 6.02. The monoisotopic (exact) mass is 309 g/mol. The number of hydrogen-bond acceptors (Lipinski definition) is 3. The molecule has 1 aliphatic rings. The Balaban J connectivity index is 1.70. The van der Waals surface area contributed by atoms with Crippen LogP contribution in [0.5, 0.6) is 0 Å². The number of para-hydroxylation sites is 2. The van der Waals surface area contributed by atoms with Crippen molar-refractivity contribution in [1.82, 2.24) is 14.3 Å². The molecule has 3 rings (SSSR count). The fourth-order valence-electron chi connectivity index (χ4n) is 2.95. The first kappa shape index (κ1) is 14.3. The van der Waals surface area contributed by atoms with Gasteiger partial charge in [-0.25, -0.2) is 17.9 Å². The molecular formula is C14H19N3O3S. The maximum Gasteiger partial charge on any atom is 0.326 e. The Morgan fingerprint density at radius 1 is 1.24 bits per heavy atom. The topological polar surface area (TPSA) is 84.0 Å². The molecule has 1 aliphatic carbocycles. The normalized spacial score (nSPS) is 16.8. The zero-order valence-corrected chi connectivity index (χ0v) is 12.5. The Morgan fingerprint density at radius 2 is 1.95 bits per heavy atom. The average Bonchev–Trinajstić information content (AvgIpc) is 3.08. The van der Waals surface area contributed by atoms with Crippen LogP contribution in [0.4, 0.5) is 0 Å². The highest BCUT2D eigenvalue weighted by Crippen LogP contribution is 2.23. The quantitative estimate of drug-likeness (QED) is 0.870. The van der Waals surface area contributed by atoms with E-state index in [1.165, 1.54) is 0 Å². The van der Waals surface area contributed by atoms with Crippen LogP contribution in [0.25, 0.3) is 11.0 Å². The molecule has 0 radical (unpaired) electrons. The second kappa shape index (κ2) is 5.65. The third-order valence-electron chi connectivity index (χ3n) is 4.06. The molecule has 114 valence electrons. The summed E-state index contributed by atoms with van der Waals surface area (Å²) in [5.41, 5.74) is 1.35. The van der Waals surface area contributed by atoms with Crippen molar-refractivity contribution in [1.29, 1.82) is 0 Å². The molecule has 0 unspecified atom stereocenters. The summed E-state index contributed by atoms with van der Waals surface area (Å²) < 4.78 is 28.4. The molecule has 0 bridgehead atoms. The van der Waals surface area contributed by atoms with Gasteiger partial charge in [0.1, 0.15) is 0 Å². The Hall–Kier alpha value is -1.60. The molecule has 0 aliphatic heterocycles. The van der Waals surface area contributed by atoms with Gasteiger partial charge < -0.3 is 4.98 Å². The molecular weight excluding hydrogens is 290 g/mol. The molecule has 1 aromatic heterocycles. The molecule has 2 N–H and O–H groups in total. The molecule has 21 heavy (non-hydrogen) atoms. The number of aromatic nitrogens is 2. The second-order valence-electron chi connectivity index (χ2n) is 5.44. The minimum Gasteiger partial charge on any atom is -0.306 e. The van der Waals surface area contributed by atoms with Gasteiger partial charge in [-0.1, -0.05) is 25.0 Å². The highest BCUT2D eigenvalue weighted by atomic mass is 32.2. The number of fused-ring (bicyclic) bond motifs is 1. The van der Waals surface area contributed by atoms with E-state index in [4.69, 9.17) is 0 Å². The molecule has 2 aromatic rings. The van der Waals surface area contributed by atoms with Crippen molar-refractivity contribution in [3.63, 3.8) is 0 Å². The molecule has 0 atom stereocenters. The lowest BCUT2D eigenvalue weighted by molar-refractivity contribution is 0.557. The summed E-state index contributed by atoms with van der Waals surface area (Å²) in [5, 5.41) is -0.266. The number of H-pyrrole nitrogens is 1. The van der Waals surface area contributed by atoms with Gasteiger partial charge in [0.2, 0.25) is 10.0 Å². The van der Waals surface area contributed by atoms with E-state index in [1.807, 2.05) is 24.3 Å². The first-order valence-corrected chi connectivity index (χ1v) is 8.78. The number of sulfonamides is 1. The zero-order valence-electron chi connectivity index (χ0n) is 11.7. The van der Waals surface area contributed by atoms with E-state index in [1.54, 1.807) is 4.57 Å². The second-order valence-corrected chi connectivity index (χ2v) is 7.49. The fraction of sp³-hybridized carbons (Fsp3) is 0.500. The van der Waals surface area contributed by atoms with Crippen LogP contribution in [0, 0.1) is 0 Å². The van der Waals surface area contributed by atoms with Crippen LogP contribution in [0.15, 0.2) is 29.1 Å². The maximum absolute atomic E-state index is 12.1. The van der Waals surface area contributed by atoms with Crippen molar-refractivity contribution in [3.8, 4) is 0 Å². The highest BCUT2D eigenvalue weighted by Gasteiger charge is 2.28. The van der Waals surface area contributed by atoms with Gasteiger partial charge in [0.15, 0.2) is 0 Å². The molecule has 1 heterocycles. The van der Waals surface area contributed by atoms with E-state index in [9.17, 15) is 13.2 Å². The first-order valence-electron chi connectivity index (χ1n) is 7.24. The van der Waals surface area contributed by atoms with Crippen LogP contribution in [0.3, 0.4) is 0 Å². The summed E-state index contributed by atoms with van der Waals surface area (Å²) in [7, 11) is -3.25. The molecule has 1 fully saturated rings. The van der Waals surface area contributed by atoms with Crippen LogP contribution < -0.4 is 10.4 Å². The number of hydrogen-bond donors (Lipinski definition) is 2. The van der Waals surface area contributed by atoms with E-state index in [2.05, 4.69) is 9.71 Å². The van der Waals surface area contributed by atoms with Crippen molar-refractivity contribution < 1.29 is 8.42 Å². The van der Waals surface area contributed by atoms with Crippen LogP contribution in [-0.2, 0) is 16.6 Å². The van der Waals surface area contributed by atoms with Crippen molar-refractivity contribution in [3.05, 3.63) is 34.7 Å². The van der Waals surface area contributed by atoms with Crippen LogP contribution >= 0.6 is 0 Å². The van der Waals surface area contributed by atoms with Gasteiger partial charge >= 0.3 is 5.69 Å². The largest absolute Gasteiger partial charge is 0.326 e. The summed E-state index contributed by atoms with van der Waals surface area (Å²) in [6.07, 6.45) is 3.44. The predicted molar refractivity (Wildman–Crippen MR) is 81.7 cm³/mol. The van der Waals surface area contributed by atoms with Crippen molar-refractivity contribution >= 4 is 21.1 Å². The van der Waals surface area contributed by atoms with Gasteiger partial charge in [-0.2, -0.15) is 0 Å². The van der Waals surface area contributed by atoms with Gasteiger partial charge in [0, 0.05) is 13.1 Å². The average molecular weight is 309 g/mol. The molecule has 0 spiro atoms. The molecule has 0 saturated heterocycles. The fourth-order valence-corrected chi connectivity index (χ4v) is 4.51. The Bertz CT molecular complexity index is 785. The van der Waals surface area contributed by atoms with Gasteiger partial charge in [-0.15, -0.1) is 0 Å². The predicted octanol–water partition coefficient (Wildman–Crippen LogP) is 1.19. The van der Waals surface area contributed by atoms with E-state index < -0.39 is 10.0 Å². The van der Waals surface area contributed by atoms with E-state index in [0.29, 0.717) is 6.54 Å². The van der Waals surface area contributed by atoms with E-state index in [-0.39, 0.29) is 17.5 Å². The highest BCUT2D eigenvalue weighted by molar-refractivity contribution is 7.90. The molecule has 6 nitrogen and oxygen atoms in total. The molecule has 1 saturated carbocycles. The van der Waals surface area contributed by atoms with Crippen LogP contribution in [-0.4, -0.2) is 29.8 Å². The number of imidazole rings is 1. The standard InChI is InChI=1S/C14H19N3O3S/c18-14-16-12-7-3-4-8-13(12)17(14)10-9-15-21(19,20)11-5-1-2-6-11/h3-4,7-8,11,15H,1-2,5-6,9-10H2,(H,16,18). The number of aromatic amines is 1. The van der Waals surface area contributed by atoms with Crippen LogP contribution in [0.1, 0.15) is 25.7 Å². The Labute approximate surface area is 123 Å². The summed E-state index contributed by atoms with van der Waals surface area (Å²) in [5.74, 6) is 0. The van der Waals surface area contributed by atoms with Crippen molar-refractivity contribution in [2.24, 2.45) is 0 Å². The van der Waals surface area contributed by atoms with Gasteiger partial charge in [-0.3, -0.25) is 4.57 Å². The van der Waals surface area contributed by atoms with Gasteiger partial charge in [-0.05, 0) is 25.0 Å². The lowest BCUT2D eigenvalue weighted by atomic mass is 10.3. The van der Waals surface area contributed by atoms with E-state index >= 15 is 0 Å². The summed E-state index contributed by atoms with van der Waals surface area (Å²) in [6, 6.07) is 7.38. The third kappa shape index (κ3) is 2.89. The minimum absolute atomic E-state index is 0.212. The number of rotatable bonds is 5. The molecule has 7 heteroatoms. The number of nitrogens with zero attached hydrogens (tertiary/aromatic N) is 1. The minimum atomic E-state index is -3.25. The number of nitrogens with one attached hydrogen (secondary N) is 2.